The highest BCUT2D eigenvalue weighted by molar-refractivity contribution is 5.92. The lowest BCUT2D eigenvalue weighted by Gasteiger charge is -2.23. The van der Waals surface area contributed by atoms with Crippen molar-refractivity contribution < 1.29 is 24.5 Å². The maximum atomic E-state index is 12.1. The van der Waals surface area contributed by atoms with E-state index in [0.29, 0.717) is 45.4 Å². The minimum Gasteiger partial charge on any atom is -0.497 e. The van der Waals surface area contributed by atoms with Crippen LogP contribution in [0.1, 0.15) is 12.0 Å². The Morgan fingerprint density at radius 1 is 0.974 bits per heavy atom. The van der Waals surface area contributed by atoms with Crippen LogP contribution in [0.3, 0.4) is 0 Å². The molecule has 1 heterocycles. The number of hydrogen-bond donors (Lipinski definition) is 5. The first-order chi connectivity index (χ1) is 18.4. The fraction of sp³-hybridized carbons (Fsp3) is 0.192. The molecule has 0 saturated heterocycles. The topological polar surface area (TPSA) is 156 Å². The molecule has 0 spiro atoms. The summed E-state index contributed by atoms with van der Waals surface area (Å²) in [7, 11) is 3.12. The third kappa shape index (κ3) is 6.18. The van der Waals surface area contributed by atoms with Gasteiger partial charge in [-0.05, 0) is 36.8 Å². The van der Waals surface area contributed by atoms with Crippen LogP contribution in [0, 0.1) is 6.92 Å². The van der Waals surface area contributed by atoms with Gasteiger partial charge >= 0.3 is 0 Å². The molecule has 0 fully saturated rings. The van der Waals surface area contributed by atoms with Crippen LogP contribution in [-0.2, 0) is 9.78 Å². The summed E-state index contributed by atoms with van der Waals surface area (Å²) in [4.78, 5) is 26.1. The molecule has 0 aliphatic carbocycles. The molecule has 3 aromatic carbocycles. The monoisotopic (exact) mass is 519 g/mol. The van der Waals surface area contributed by atoms with E-state index in [2.05, 4.69) is 26.0 Å². The largest absolute Gasteiger partial charge is 0.497 e. The first-order valence-electron chi connectivity index (χ1n) is 11.7. The molecule has 6 N–H and O–H groups in total. The number of methoxy groups -OCH3 is 2. The summed E-state index contributed by atoms with van der Waals surface area (Å²) in [5.41, 5.74) is 12.0. The van der Waals surface area contributed by atoms with Crippen LogP contribution in [0.15, 0.2) is 60.7 Å². The van der Waals surface area contributed by atoms with Crippen LogP contribution in [0.5, 0.6) is 11.5 Å². The molecule has 0 unspecified atom stereocenters. The molecule has 1 aromatic heterocycles. The Hall–Kier alpha value is -4.65. The Labute approximate surface area is 219 Å². The van der Waals surface area contributed by atoms with Crippen LogP contribution >= 0.6 is 0 Å². The lowest BCUT2D eigenvalue weighted by Crippen LogP contribution is -2.30. The predicted octanol–water partition coefficient (Wildman–Crippen LogP) is 4.22. The lowest BCUT2D eigenvalue weighted by atomic mass is 10.1. The molecule has 12 nitrogen and oxygen atoms in total. The number of nitrogens with two attached hydrogens (primary N) is 1. The fourth-order valence-electron chi connectivity index (χ4n) is 3.62. The van der Waals surface area contributed by atoms with E-state index in [1.165, 1.54) is 0 Å². The van der Waals surface area contributed by atoms with E-state index >= 15 is 0 Å². The van der Waals surface area contributed by atoms with Crippen molar-refractivity contribution in [1.82, 2.24) is 9.97 Å². The van der Waals surface area contributed by atoms with Gasteiger partial charge in [0, 0.05) is 42.5 Å². The molecule has 0 aliphatic rings. The van der Waals surface area contributed by atoms with Crippen LogP contribution in [0.25, 0.3) is 11.0 Å². The van der Waals surface area contributed by atoms with E-state index in [1.807, 2.05) is 31.2 Å². The van der Waals surface area contributed by atoms with Crippen molar-refractivity contribution in [3.05, 3.63) is 66.2 Å². The number of nitrogens with one attached hydrogen (secondary N) is 3. The summed E-state index contributed by atoms with van der Waals surface area (Å²) in [5.74, 6) is 1.52. The molecule has 0 bridgehead atoms. The normalized spacial score (nSPS) is 10.7. The van der Waals surface area contributed by atoms with Gasteiger partial charge in [0.2, 0.25) is 5.91 Å². The number of hydrazine groups is 1. The van der Waals surface area contributed by atoms with Gasteiger partial charge in [0.05, 0.1) is 30.9 Å². The highest BCUT2D eigenvalue weighted by atomic mass is 17.2. The van der Waals surface area contributed by atoms with E-state index < -0.39 is 0 Å². The molecule has 12 heteroatoms. The number of anilines is 5. The average molecular weight is 520 g/mol. The molecule has 38 heavy (non-hydrogen) atoms. The van der Waals surface area contributed by atoms with Crippen molar-refractivity contribution in [2.45, 2.75) is 13.3 Å². The van der Waals surface area contributed by atoms with Gasteiger partial charge in [-0.15, -0.1) is 5.17 Å². The smallest absolute Gasteiger partial charge is 0.225 e. The molecular weight excluding hydrogens is 490 g/mol. The first-order valence-corrected chi connectivity index (χ1v) is 11.7. The van der Waals surface area contributed by atoms with Gasteiger partial charge in [-0.3, -0.25) is 10.2 Å². The quantitative estimate of drug-likeness (QED) is 0.143. The number of benzene rings is 3. The molecule has 1 amide bonds. The van der Waals surface area contributed by atoms with E-state index in [9.17, 15) is 10.1 Å². The van der Waals surface area contributed by atoms with Gasteiger partial charge in [-0.1, -0.05) is 23.2 Å². The van der Waals surface area contributed by atoms with Crippen LogP contribution in [-0.4, -0.2) is 41.9 Å². The van der Waals surface area contributed by atoms with E-state index in [4.69, 9.17) is 20.2 Å². The van der Waals surface area contributed by atoms with Crippen molar-refractivity contribution in [2.75, 3.05) is 42.0 Å². The Balaban J connectivity index is 1.70. The molecular formula is C26H29N7O5. The number of para-hydroxylation sites is 2. The van der Waals surface area contributed by atoms with Crippen molar-refractivity contribution in [3.63, 3.8) is 0 Å². The van der Waals surface area contributed by atoms with Gasteiger partial charge < -0.3 is 25.8 Å². The molecule has 4 aromatic rings. The molecule has 198 valence electrons. The number of amides is 1. The van der Waals surface area contributed by atoms with E-state index in [0.717, 1.165) is 10.7 Å². The zero-order chi connectivity index (χ0) is 27.1. The van der Waals surface area contributed by atoms with Gasteiger partial charge in [-0.2, -0.15) is 0 Å². The number of carbonyl (C=O) groups is 1. The predicted molar refractivity (Wildman–Crippen MR) is 146 cm³/mol. The van der Waals surface area contributed by atoms with Crippen molar-refractivity contribution in [3.8, 4) is 11.5 Å². The molecule has 0 atom stereocenters. The number of ether oxygens (including phenoxy) is 2. The van der Waals surface area contributed by atoms with Crippen molar-refractivity contribution in [2.24, 2.45) is 5.73 Å². The first kappa shape index (κ1) is 26.4. The third-order valence-electron chi connectivity index (χ3n) is 5.57. The Kier molecular flexibility index (Phi) is 8.38. The second-order valence-corrected chi connectivity index (χ2v) is 8.21. The molecule has 0 aliphatic heterocycles. The SMILES string of the molecule is COc1cc(Nc2nc3ccccc3nc2NN(OO)c2ccc(C)c(NC(=O)CCN)c2)cc(OC)c1. The summed E-state index contributed by atoms with van der Waals surface area (Å²) < 4.78 is 10.7. The van der Waals surface area contributed by atoms with Gasteiger partial charge in [-0.25, -0.2) is 15.2 Å². The number of fused-ring (bicyclic) bond motifs is 1. The second kappa shape index (κ2) is 12.1. The van der Waals surface area contributed by atoms with Crippen molar-refractivity contribution >= 4 is 45.6 Å². The van der Waals surface area contributed by atoms with Crippen molar-refractivity contribution in [1.29, 1.82) is 0 Å². The highest BCUT2D eigenvalue weighted by Crippen LogP contribution is 2.32. The summed E-state index contributed by atoms with van der Waals surface area (Å²) in [6.07, 6.45) is 0.179. The second-order valence-electron chi connectivity index (χ2n) is 8.21. The maximum Gasteiger partial charge on any atom is 0.225 e. The highest BCUT2D eigenvalue weighted by Gasteiger charge is 2.17. The fourth-order valence-corrected chi connectivity index (χ4v) is 3.62. The summed E-state index contributed by atoms with van der Waals surface area (Å²) >= 11 is 0. The number of aryl methyl sites for hydroxylation is 1. The van der Waals surface area contributed by atoms with Gasteiger partial charge in [0.15, 0.2) is 11.6 Å². The van der Waals surface area contributed by atoms with Gasteiger partial charge in [0.1, 0.15) is 11.5 Å². The van der Waals surface area contributed by atoms with E-state index in [-0.39, 0.29) is 24.7 Å². The zero-order valence-electron chi connectivity index (χ0n) is 21.2. The maximum absolute atomic E-state index is 12.1. The summed E-state index contributed by atoms with van der Waals surface area (Å²) in [6.45, 7) is 2.08. The minimum absolute atomic E-state index is 0.179. The molecule has 0 saturated carbocycles. The van der Waals surface area contributed by atoms with Crippen LogP contribution in [0.4, 0.5) is 28.7 Å². The molecule has 4 rings (SSSR count). The third-order valence-corrected chi connectivity index (χ3v) is 5.57. The Bertz CT molecular complexity index is 1410. The average Bonchev–Trinajstić information content (AvgIpc) is 2.93. The standard InChI is InChI=1S/C26H29N7O5/c1-16-8-9-18(14-23(16)29-24(34)10-11-27)33(38-35)32-26-25(30-21-6-4-5-7-22(21)31-26)28-17-12-19(36-2)15-20(13-17)37-3/h4-9,12-15,35H,10-11,27H2,1-3H3,(H,28,30)(H,29,34)(H,31,32). The van der Waals surface area contributed by atoms with Gasteiger partial charge in [0.25, 0.3) is 0 Å². The zero-order valence-corrected chi connectivity index (χ0v) is 21.2. The Morgan fingerprint density at radius 2 is 1.63 bits per heavy atom. The van der Waals surface area contributed by atoms with E-state index in [1.54, 1.807) is 50.6 Å². The minimum atomic E-state index is -0.224. The number of carbonyl (C=O) groups excluding carboxylic acids is 1. The van der Waals surface area contributed by atoms with Crippen LogP contribution in [0.2, 0.25) is 0 Å². The number of hydrogen-bond acceptors (Lipinski definition) is 11. The number of rotatable bonds is 11. The lowest BCUT2D eigenvalue weighted by molar-refractivity contribution is -0.249. The molecule has 0 radical (unpaired) electrons. The Morgan fingerprint density at radius 3 is 2.24 bits per heavy atom. The summed E-state index contributed by atoms with van der Waals surface area (Å²) in [5, 5.41) is 16.8. The number of aromatic nitrogens is 2. The summed E-state index contributed by atoms with van der Waals surface area (Å²) in [6, 6.07) is 17.8. The van der Waals surface area contributed by atoms with Crippen LogP contribution < -0.4 is 36.4 Å². The number of nitrogens with zero attached hydrogens (tertiary/aromatic N) is 3.